The average molecular weight is 255 g/mol. The van der Waals surface area contributed by atoms with Gasteiger partial charge in [-0.3, -0.25) is 9.48 Å². The summed E-state index contributed by atoms with van der Waals surface area (Å²) >= 11 is 1.69. The molecule has 0 aliphatic carbocycles. The fraction of sp³-hybridized carbons (Fsp3) is 0.667. The normalized spacial score (nSPS) is 12.5. The van der Waals surface area contributed by atoms with E-state index in [1.54, 1.807) is 11.8 Å². The van der Waals surface area contributed by atoms with Crippen LogP contribution in [-0.4, -0.2) is 33.7 Å². The molecule has 1 aromatic rings. The molecular formula is C12H21N3OS. The highest BCUT2D eigenvalue weighted by Crippen LogP contribution is 2.03. The second-order valence-corrected chi connectivity index (χ2v) is 5.31. The molecule has 5 heteroatoms. The molecule has 0 saturated heterocycles. The van der Waals surface area contributed by atoms with Crippen LogP contribution in [0.25, 0.3) is 0 Å². The SMILES string of the molecule is CSCCC(=O)N[C@@H](C)Cn1nc(C)cc1C. The number of hydrogen-bond donors (Lipinski definition) is 1. The predicted molar refractivity (Wildman–Crippen MR) is 72.3 cm³/mol. The van der Waals surface area contributed by atoms with Crippen molar-refractivity contribution in [3.8, 4) is 0 Å². The van der Waals surface area contributed by atoms with Crippen LogP contribution in [0.15, 0.2) is 6.07 Å². The van der Waals surface area contributed by atoms with E-state index in [4.69, 9.17) is 0 Å². The first-order valence-electron chi connectivity index (χ1n) is 5.82. The number of carbonyl (C=O) groups excluding carboxylic acids is 1. The van der Waals surface area contributed by atoms with Gasteiger partial charge in [-0.15, -0.1) is 0 Å². The molecule has 0 aliphatic heterocycles. The molecule has 4 nitrogen and oxygen atoms in total. The lowest BCUT2D eigenvalue weighted by molar-refractivity contribution is -0.121. The van der Waals surface area contributed by atoms with Crippen molar-refractivity contribution in [1.82, 2.24) is 15.1 Å². The van der Waals surface area contributed by atoms with Crippen LogP contribution in [0.3, 0.4) is 0 Å². The molecule has 1 heterocycles. The molecule has 1 aromatic heterocycles. The van der Waals surface area contributed by atoms with Gasteiger partial charge in [0.05, 0.1) is 12.2 Å². The first-order valence-corrected chi connectivity index (χ1v) is 7.21. The summed E-state index contributed by atoms with van der Waals surface area (Å²) in [7, 11) is 0. The Hall–Kier alpha value is -0.970. The maximum Gasteiger partial charge on any atom is 0.221 e. The molecule has 0 spiro atoms. The van der Waals surface area contributed by atoms with Crippen molar-refractivity contribution in [1.29, 1.82) is 0 Å². The third-order valence-corrected chi connectivity index (χ3v) is 3.10. The van der Waals surface area contributed by atoms with Crippen molar-refractivity contribution >= 4 is 17.7 Å². The Morgan fingerprint density at radius 2 is 2.29 bits per heavy atom. The van der Waals surface area contributed by atoms with Crippen LogP contribution in [0.5, 0.6) is 0 Å². The van der Waals surface area contributed by atoms with Gasteiger partial charge in [0.1, 0.15) is 0 Å². The molecule has 0 fully saturated rings. The first-order chi connectivity index (χ1) is 8.02. The summed E-state index contributed by atoms with van der Waals surface area (Å²) in [6.45, 7) is 6.74. The average Bonchev–Trinajstić information content (AvgIpc) is 2.54. The topological polar surface area (TPSA) is 46.9 Å². The standard InChI is InChI=1S/C12H21N3OS/c1-9-7-11(3)15(14-9)8-10(2)13-12(16)5-6-17-4/h7,10H,5-6,8H2,1-4H3,(H,13,16)/t10-/m0/s1. The molecule has 0 unspecified atom stereocenters. The molecule has 17 heavy (non-hydrogen) atoms. The minimum atomic E-state index is 0.113. The summed E-state index contributed by atoms with van der Waals surface area (Å²) in [5.74, 6) is 0.992. The molecular weight excluding hydrogens is 234 g/mol. The van der Waals surface area contributed by atoms with E-state index in [1.165, 1.54) is 0 Å². The second-order valence-electron chi connectivity index (χ2n) is 4.32. The Kier molecular flexibility index (Phi) is 5.55. The third-order valence-electron chi connectivity index (χ3n) is 2.49. The zero-order valence-electron chi connectivity index (χ0n) is 11.0. The molecule has 0 aromatic carbocycles. The van der Waals surface area contributed by atoms with Crippen LogP contribution in [-0.2, 0) is 11.3 Å². The van der Waals surface area contributed by atoms with Crippen LogP contribution < -0.4 is 5.32 Å². The zero-order chi connectivity index (χ0) is 12.8. The number of nitrogens with one attached hydrogen (secondary N) is 1. The molecule has 1 atom stereocenters. The number of rotatable bonds is 6. The molecule has 1 rings (SSSR count). The molecule has 0 aliphatic rings. The Morgan fingerprint density at radius 3 is 2.82 bits per heavy atom. The Morgan fingerprint density at radius 1 is 1.59 bits per heavy atom. The number of carbonyl (C=O) groups is 1. The van der Waals surface area contributed by atoms with Crippen molar-refractivity contribution < 1.29 is 4.79 Å². The molecule has 96 valence electrons. The van der Waals surface area contributed by atoms with E-state index in [0.717, 1.165) is 23.7 Å². The molecule has 0 bridgehead atoms. The smallest absolute Gasteiger partial charge is 0.221 e. The van der Waals surface area contributed by atoms with Crippen LogP contribution in [0, 0.1) is 13.8 Å². The number of amides is 1. The zero-order valence-corrected chi connectivity index (χ0v) is 11.8. The minimum Gasteiger partial charge on any atom is -0.352 e. The second kappa shape index (κ2) is 6.69. The summed E-state index contributed by atoms with van der Waals surface area (Å²) in [6.07, 6.45) is 2.59. The highest BCUT2D eigenvalue weighted by molar-refractivity contribution is 7.98. The van der Waals surface area contributed by atoms with E-state index in [9.17, 15) is 4.79 Å². The Balaban J connectivity index is 2.41. The fourth-order valence-corrected chi connectivity index (χ4v) is 2.10. The maximum atomic E-state index is 11.5. The van der Waals surface area contributed by atoms with Gasteiger partial charge in [0.2, 0.25) is 5.91 Å². The van der Waals surface area contributed by atoms with E-state index >= 15 is 0 Å². The van der Waals surface area contributed by atoms with Crippen LogP contribution in [0.1, 0.15) is 24.7 Å². The maximum absolute atomic E-state index is 11.5. The number of nitrogens with zero attached hydrogens (tertiary/aromatic N) is 2. The van der Waals surface area contributed by atoms with Crippen LogP contribution in [0.2, 0.25) is 0 Å². The third kappa shape index (κ3) is 4.81. The van der Waals surface area contributed by atoms with Gasteiger partial charge in [-0.1, -0.05) is 0 Å². The summed E-state index contributed by atoms with van der Waals surface area (Å²) in [5.41, 5.74) is 2.15. The highest BCUT2D eigenvalue weighted by atomic mass is 32.2. The number of hydrogen-bond acceptors (Lipinski definition) is 3. The first kappa shape index (κ1) is 14.1. The van der Waals surface area contributed by atoms with Gasteiger partial charge in [-0.25, -0.2) is 0 Å². The summed E-state index contributed by atoms with van der Waals surface area (Å²) < 4.78 is 1.94. The quantitative estimate of drug-likeness (QED) is 0.842. The minimum absolute atomic E-state index is 0.113. The summed E-state index contributed by atoms with van der Waals surface area (Å²) in [5, 5.41) is 7.37. The van der Waals surface area contributed by atoms with Gasteiger partial charge in [0, 0.05) is 23.9 Å². The summed E-state index contributed by atoms with van der Waals surface area (Å²) in [6, 6.07) is 2.16. The van der Waals surface area contributed by atoms with E-state index < -0.39 is 0 Å². The van der Waals surface area contributed by atoms with Crippen molar-refractivity contribution in [2.45, 2.75) is 39.8 Å². The van der Waals surface area contributed by atoms with Gasteiger partial charge in [-0.2, -0.15) is 16.9 Å². The Bertz CT molecular complexity index is 376. The van der Waals surface area contributed by atoms with Gasteiger partial charge in [-0.05, 0) is 33.1 Å². The van der Waals surface area contributed by atoms with Gasteiger partial charge < -0.3 is 5.32 Å². The molecule has 1 N–H and O–H groups in total. The van der Waals surface area contributed by atoms with Crippen molar-refractivity contribution in [3.05, 3.63) is 17.5 Å². The molecule has 0 radical (unpaired) electrons. The number of thioether (sulfide) groups is 1. The van der Waals surface area contributed by atoms with E-state index in [1.807, 2.05) is 37.8 Å². The lowest BCUT2D eigenvalue weighted by Crippen LogP contribution is -2.36. The number of aromatic nitrogens is 2. The van der Waals surface area contributed by atoms with Gasteiger partial charge in [0.25, 0.3) is 0 Å². The van der Waals surface area contributed by atoms with Crippen LogP contribution in [0.4, 0.5) is 0 Å². The number of aryl methyl sites for hydroxylation is 2. The van der Waals surface area contributed by atoms with Crippen molar-refractivity contribution in [2.75, 3.05) is 12.0 Å². The molecule has 1 amide bonds. The lowest BCUT2D eigenvalue weighted by Gasteiger charge is -2.14. The van der Waals surface area contributed by atoms with Crippen molar-refractivity contribution in [2.24, 2.45) is 0 Å². The van der Waals surface area contributed by atoms with E-state index in [-0.39, 0.29) is 11.9 Å². The molecule has 0 saturated carbocycles. The largest absolute Gasteiger partial charge is 0.352 e. The fourth-order valence-electron chi connectivity index (χ4n) is 1.71. The lowest BCUT2D eigenvalue weighted by atomic mass is 10.3. The summed E-state index contributed by atoms with van der Waals surface area (Å²) in [4.78, 5) is 11.5. The van der Waals surface area contributed by atoms with E-state index in [2.05, 4.69) is 10.4 Å². The van der Waals surface area contributed by atoms with Gasteiger partial charge >= 0.3 is 0 Å². The van der Waals surface area contributed by atoms with Gasteiger partial charge in [0.15, 0.2) is 0 Å². The highest BCUT2D eigenvalue weighted by Gasteiger charge is 2.09. The van der Waals surface area contributed by atoms with Crippen LogP contribution >= 0.6 is 11.8 Å². The predicted octanol–water partition coefficient (Wildman–Crippen LogP) is 1.76. The Labute approximate surface area is 107 Å². The van der Waals surface area contributed by atoms with E-state index in [0.29, 0.717) is 6.42 Å². The monoisotopic (exact) mass is 255 g/mol. The van der Waals surface area contributed by atoms with Crippen molar-refractivity contribution in [3.63, 3.8) is 0 Å².